The fourth-order valence-electron chi connectivity index (χ4n) is 2.01. The molecule has 2 rings (SSSR count). The van der Waals surface area contributed by atoms with Gasteiger partial charge >= 0.3 is 12.3 Å². The van der Waals surface area contributed by atoms with Crippen molar-refractivity contribution in [2.24, 2.45) is 0 Å². The quantitative estimate of drug-likeness (QED) is 0.928. The van der Waals surface area contributed by atoms with E-state index < -0.39 is 18.1 Å². The van der Waals surface area contributed by atoms with E-state index in [1.54, 1.807) is 6.07 Å². The summed E-state index contributed by atoms with van der Waals surface area (Å²) in [5, 5.41) is 9.12. The molecule has 0 fully saturated rings. The van der Waals surface area contributed by atoms with E-state index in [4.69, 9.17) is 9.84 Å². The Morgan fingerprint density at radius 2 is 1.82 bits per heavy atom. The number of hydrogen-bond donors (Lipinski definition) is 1. The minimum absolute atomic E-state index is 0.0687. The van der Waals surface area contributed by atoms with Gasteiger partial charge in [-0.3, -0.25) is 0 Å². The maximum Gasteiger partial charge on any atom is 0.573 e. The first-order valence-electron chi connectivity index (χ1n) is 6.08. The third-order valence-corrected chi connectivity index (χ3v) is 2.83. The Bertz CT molecular complexity index is 695. The van der Waals surface area contributed by atoms with E-state index in [0.717, 1.165) is 12.1 Å². The number of hydrogen-bond acceptors (Lipinski definition) is 3. The molecule has 0 radical (unpaired) electrons. The van der Waals surface area contributed by atoms with Crippen LogP contribution in [0.15, 0.2) is 42.5 Å². The van der Waals surface area contributed by atoms with E-state index >= 15 is 0 Å². The Kier molecular flexibility index (Phi) is 4.25. The predicted molar refractivity (Wildman–Crippen MR) is 72.1 cm³/mol. The number of para-hydroxylation sites is 1. The molecule has 4 nitrogen and oxygen atoms in total. The minimum Gasteiger partial charge on any atom is -0.495 e. The lowest BCUT2D eigenvalue weighted by atomic mass is 10.0. The molecule has 22 heavy (non-hydrogen) atoms. The zero-order chi connectivity index (χ0) is 16.3. The number of ether oxygens (including phenoxy) is 2. The van der Waals surface area contributed by atoms with Crippen molar-refractivity contribution in [3.63, 3.8) is 0 Å². The molecule has 0 saturated heterocycles. The Balaban J connectivity index is 2.51. The van der Waals surface area contributed by atoms with Gasteiger partial charge in [-0.25, -0.2) is 4.79 Å². The number of rotatable bonds is 4. The van der Waals surface area contributed by atoms with Crippen molar-refractivity contribution in [2.45, 2.75) is 6.36 Å². The molecule has 0 aliphatic rings. The molecule has 1 N–H and O–H groups in total. The maximum absolute atomic E-state index is 12.3. The highest BCUT2D eigenvalue weighted by atomic mass is 19.4. The van der Waals surface area contributed by atoms with Crippen LogP contribution in [-0.2, 0) is 0 Å². The average Bonchev–Trinajstić information content (AvgIpc) is 2.44. The van der Waals surface area contributed by atoms with E-state index in [9.17, 15) is 18.0 Å². The van der Waals surface area contributed by atoms with Crippen LogP contribution >= 0.6 is 0 Å². The van der Waals surface area contributed by atoms with Gasteiger partial charge in [-0.05, 0) is 23.8 Å². The SMILES string of the molecule is COc1c(C(=O)O)cccc1-c1cccc(OC(F)(F)F)c1. The Labute approximate surface area is 123 Å². The summed E-state index contributed by atoms with van der Waals surface area (Å²) in [6.07, 6.45) is -4.80. The lowest BCUT2D eigenvalue weighted by molar-refractivity contribution is -0.274. The molecule has 116 valence electrons. The molecule has 7 heteroatoms. The van der Waals surface area contributed by atoms with Crippen LogP contribution in [0.1, 0.15) is 10.4 Å². The molecule has 0 aliphatic heterocycles. The van der Waals surface area contributed by atoms with Crippen molar-refractivity contribution < 1.29 is 32.5 Å². The number of carboxylic acid groups (broad SMARTS) is 1. The Morgan fingerprint density at radius 3 is 2.41 bits per heavy atom. The van der Waals surface area contributed by atoms with E-state index in [-0.39, 0.29) is 11.3 Å². The summed E-state index contributed by atoms with van der Waals surface area (Å²) < 4.78 is 45.7. The third kappa shape index (κ3) is 3.49. The normalized spacial score (nSPS) is 11.1. The Hall–Kier alpha value is -2.70. The van der Waals surface area contributed by atoms with E-state index in [1.807, 2.05) is 0 Å². The van der Waals surface area contributed by atoms with Crippen LogP contribution in [0, 0.1) is 0 Å². The first-order valence-corrected chi connectivity index (χ1v) is 6.08. The third-order valence-electron chi connectivity index (χ3n) is 2.83. The number of alkyl halides is 3. The molecule has 0 bridgehead atoms. The summed E-state index contributed by atoms with van der Waals surface area (Å²) in [6.45, 7) is 0. The van der Waals surface area contributed by atoms with Crippen molar-refractivity contribution in [3.8, 4) is 22.6 Å². The number of methoxy groups -OCH3 is 1. The first kappa shape index (κ1) is 15.7. The van der Waals surface area contributed by atoms with Gasteiger partial charge in [-0.2, -0.15) is 0 Å². The van der Waals surface area contributed by atoms with Crippen molar-refractivity contribution in [2.75, 3.05) is 7.11 Å². The largest absolute Gasteiger partial charge is 0.573 e. The molecule has 2 aromatic carbocycles. The summed E-state index contributed by atoms with van der Waals surface area (Å²) in [4.78, 5) is 11.2. The maximum atomic E-state index is 12.3. The average molecular weight is 312 g/mol. The molecule has 0 saturated carbocycles. The van der Waals surface area contributed by atoms with Crippen LogP contribution in [0.5, 0.6) is 11.5 Å². The van der Waals surface area contributed by atoms with Crippen molar-refractivity contribution >= 4 is 5.97 Å². The second kappa shape index (κ2) is 5.97. The first-order chi connectivity index (χ1) is 10.3. The van der Waals surface area contributed by atoms with Gasteiger partial charge in [0.2, 0.25) is 0 Å². The summed E-state index contributed by atoms with van der Waals surface area (Å²) >= 11 is 0. The summed E-state index contributed by atoms with van der Waals surface area (Å²) in [5.41, 5.74) is 0.624. The fraction of sp³-hybridized carbons (Fsp3) is 0.133. The zero-order valence-corrected chi connectivity index (χ0v) is 11.3. The summed E-state index contributed by atoms with van der Waals surface area (Å²) in [7, 11) is 1.29. The minimum atomic E-state index is -4.80. The monoisotopic (exact) mass is 312 g/mol. The zero-order valence-electron chi connectivity index (χ0n) is 11.3. The molecule has 0 atom stereocenters. The molecule has 2 aromatic rings. The molecule has 0 aromatic heterocycles. The highest BCUT2D eigenvalue weighted by molar-refractivity contribution is 5.94. The van der Waals surface area contributed by atoms with Crippen LogP contribution in [0.4, 0.5) is 13.2 Å². The molecular weight excluding hydrogens is 301 g/mol. The van der Waals surface area contributed by atoms with Crippen molar-refractivity contribution in [1.29, 1.82) is 0 Å². The molecule has 0 unspecified atom stereocenters. The van der Waals surface area contributed by atoms with E-state index in [1.165, 1.54) is 31.4 Å². The second-order valence-electron chi connectivity index (χ2n) is 4.27. The number of carboxylic acids is 1. The molecular formula is C15H11F3O4. The lowest BCUT2D eigenvalue weighted by Gasteiger charge is -2.13. The van der Waals surface area contributed by atoms with Crippen molar-refractivity contribution in [3.05, 3.63) is 48.0 Å². The van der Waals surface area contributed by atoms with Crippen LogP contribution in [0.3, 0.4) is 0 Å². The molecule has 0 heterocycles. The standard InChI is InChI=1S/C15H11F3O4/c1-21-13-11(6-3-7-12(13)14(19)20)9-4-2-5-10(8-9)22-15(16,17)18/h2-8H,1H3,(H,19,20). The van der Waals surface area contributed by atoms with Gasteiger partial charge in [-0.1, -0.05) is 24.3 Å². The van der Waals surface area contributed by atoms with Crippen LogP contribution in [-0.4, -0.2) is 24.5 Å². The number of halogens is 3. The molecule has 0 aliphatic carbocycles. The van der Waals surface area contributed by atoms with Crippen LogP contribution < -0.4 is 9.47 Å². The number of benzene rings is 2. The fourth-order valence-corrected chi connectivity index (χ4v) is 2.01. The highest BCUT2D eigenvalue weighted by Gasteiger charge is 2.31. The topological polar surface area (TPSA) is 55.8 Å². The van der Waals surface area contributed by atoms with Gasteiger partial charge in [0.15, 0.2) is 0 Å². The van der Waals surface area contributed by atoms with Crippen LogP contribution in [0.2, 0.25) is 0 Å². The van der Waals surface area contributed by atoms with Gasteiger partial charge in [-0.15, -0.1) is 13.2 Å². The van der Waals surface area contributed by atoms with Crippen molar-refractivity contribution in [1.82, 2.24) is 0 Å². The van der Waals surface area contributed by atoms with Gasteiger partial charge in [0.1, 0.15) is 17.1 Å². The van der Waals surface area contributed by atoms with Gasteiger partial charge in [0, 0.05) is 5.56 Å². The Morgan fingerprint density at radius 1 is 1.14 bits per heavy atom. The summed E-state index contributed by atoms with van der Waals surface area (Å²) in [6, 6.07) is 9.62. The van der Waals surface area contributed by atoms with E-state index in [2.05, 4.69) is 4.74 Å². The highest BCUT2D eigenvalue weighted by Crippen LogP contribution is 2.35. The van der Waals surface area contributed by atoms with Crippen LogP contribution in [0.25, 0.3) is 11.1 Å². The molecule has 0 amide bonds. The van der Waals surface area contributed by atoms with Gasteiger partial charge in [0.25, 0.3) is 0 Å². The van der Waals surface area contributed by atoms with Gasteiger partial charge in [0.05, 0.1) is 7.11 Å². The summed E-state index contributed by atoms with van der Waals surface area (Å²) in [5.74, 6) is -1.52. The second-order valence-corrected chi connectivity index (χ2v) is 4.27. The predicted octanol–water partition coefficient (Wildman–Crippen LogP) is 3.96. The number of aromatic carboxylic acids is 1. The number of carbonyl (C=O) groups is 1. The van der Waals surface area contributed by atoms with Gasteiger partial charge < -0.3 is 14.6 Å². The smallest absolute Gasteiger partial charge is 0.495 e. The lowest BCUT2D eigenvalue weighted by Crippen LogP contribution is -2.17. The molecule has 0 spiro atoms. The van der Waals surface area contributed by atoms with E-state index in [0.29, 0.717) is 11.1 Å².